The lowest BCUT2D eigenvalue weighted by Crippen LogP contribution is -2.28. The summed E-state index contributed by atoms with van der Waals surface area (Å²) in [6.45, 7) is -0.107. The Morgan fingerprint density at radius 1 is 1.60 bits per heavy atom. The average molecular weight is 225 g/mol. The van der Waals surface area contributed by atoms with Crippen molar-refractivity contribution in [3.63, 3.8) is 0 Å². The number of ether oxygens (including phenoxy) is 1. The van der Waals surface area contributed by atoms with Crippen LogP contribution in [0.4, 0.5) is 0 Å². The second kappa shape index (κ2) is 5.98. The number of hydrogen-bond donors (Lipinski definition) is 1. The van der Waals surface area contributed by atoms with Gasteiger partial charge in [0.1, 0.15) is 6.54 Å². The minimum atomic E-state index is -0.465. The highest BCUT2D eigenvalue weighted by Gasteiger charge is 2.01. The van der Waals surface area contributed by atoms with Gasteiger partial charge in [-0.1, -0.05) is 6.07 Å². The topological polar surface area (TPSA) is 55.4 Å². The molecular formula is C10H11NO3S. The van der Waals surface area contributed by atoms with Crippen LogP contribution >= 0.6 is 11.3 Å². The third-order valence-corrected chi connectivity index (χ3v) is 2.41. The first-order valence-electron chi connectivity index (χ1n) is 4.28. The molecule has 0 aliphatic heterocycles. The Morgan fingerprint density at radius 3 is 3.00 bits per heavy atom. The summed E-state index contributed by atoms with van der Waals surface area (Å²) in [6, 6.07) is 3.80. The van der Waals surface area contributed by atoms with Crippen molar-refractivity contribution < 1.29 is 14.3 Å². The molecule has 1 aromatic rings. The van der Waals surface area contributed by atoms with E-state index in [1.54, 1.807) is 6.08 Å². The normalized spacial score (nSPS) is 10.2. The van der Waals surface area contributed by atoms with Gasteiger partial charge in [0.25, 0.3) is 0 Å². The molecule has 0 radical (unpaired) electrons. The third-order valence-electron chi connectivity index (χ3n) is 1.58. The van der Waals surface area contributed by atoms with Crippen LogP contribution in [-0.4, -0.2) is 25.5 Å². The molecule has 1 N–H and O–H groups in total. The maximum atomic E-state index is 11.2. The first-order chi connectivity index (χ1) is 7.22. The van der Waals surface area contributed by atoms with Gasteiger partial charge in [-0.05, 0) is 17.5 Å². The zero-order valence-electron chi connectivity index (χ0n) is 8.23. The van der Waals surface area contributed by atoms with Crippen LogP contribution in [0.2, 0.25) is 0 Å². The van der Waals surface area contributed by atoms with E-state index in [0.717, 1.165) is 4.88 Å². The Kier molecular flexibility index (Phi) is 4.56. The number of methoxy groups -OCH3 is 1. The smallest absolute Gasteiger partial charge is 0.325 e. The molecule has 0 spiro atoms. The van der Waals surface area contributed by atoms with Gasteiger partial charge in [-0.2, -0.15) is 0 Å². The summed E-state index contributed by atoms with van der Waals surface area (Å²) in [6.07, 6.45) is 3.08. The number of rotatable bonds is 4. The highest BCUT2D eigenvalue weighted by atomic mass is 32.1. The molecule has 0 aliphatic carbocycles. The fourth-order valence-corrected chi connectivity index (χ4v) is 1.45. The van der Waals surface area contributed by atoms with E-state index < -0.39 is 5.97 Å². The van der Waals surface area contributed by atoms with Crippen molar-refractivity contribution in [2.45, 2.75) is 0 Å². The molecule has 1 aromatic heterocycles. The van der Waals surface area contributed by atoms with Crippen molar-refractivity contribution in [2.24, 2.45) is 0 Å². The summed E-state index contributed by atoms with van der Waals surface area (Å²) in [5, 5.41) is 4.32. The SMILES string of the molecule is COC(=O)CNC(=O)C=Cc1cccs1. The van der Waals surface area contributed by atoms with Crippen LogP contribution in [0.15, 0.2) is 23.6 Å². The highest BCUT2D eigenvalue weighted by Crippen LogP contribution is 2.09. The Bertz CT molecular complexity index is 357. The molecule has 0 aliphatic rings. The van der Waals surface area contributed by atoms with Crippen LogP contribution in [0.5, 0.6) is 0 Å². The van der Waals surface area contributed by atoms with E-state index in [9.17, 15) is 9.59 Å². The molecule has 1 rings (SSSR count). The van der Waals surface area contributed by atoms with Crippen LogP contribution in [0, 0.1) is 0 Å². The zero-order chi connectivity index (χ0) is 11.1. The fourth-order valence-electron chi connectivity index (χ4n) is 0.834. The van der Waals surface area contributed by atoms with E-state index in [1.165, 1.54) is 24.5 Å². The van der Waals surface area contributed by atoms with Crippen molar-refractivity contribution in [1.29, 1.82) is 0 Å². The Balaban J connectivity index is 2.33. The van der Waals surface area contributed by atoms with Crippen LogP contribution < -0.4 is 5.32 Å². The number of hydrogen-bond acceptors (Lipinski definition) is 4. The first kappa shape index (κ1) is 11.5. The zero-order valence-corrected chi connectivity index (χ0v) is 9.04. The number of nitrogens with one attached hydrogen (secondary N) is 1. The lowest BCUT2D eigenvalue weighted by atomic mass is 10.4. The molecule has 5 heteroatoms. The van der Waals surface area contributed by atoms with Crippen molar-refractivity contribution >= 4 is 29.3 Å². The Hall–Kier alpha value is -1.62. The molecule has 0 bridgehead atoms. The number of amides is 1. The fraction of sp³-hybridized carbons (Fsp3) is 0.200. The molecule has 1 heterocycles. The van der Waals surface area contributed by atoms with E-state index in [2.05, 4.69) is 10.1 Å². The summed E-state index contributed by atoms with van der Waals surface area (Å²) < 4.78 is 4.38. The monoisotopic (exact) mass is 225 g/mol. The molecule has 80 valence electrons. The van der Waals surface area contributed by atoms with Gasteiger partial charge in [0.15, 0.2) is 0 Å². The molecule has 0 atom stereocenters. The quantitative estimate of drug-likeness (QED) is 0.615. The molecule has 1 amide bonds. The predicted molar refractivity (Wildman–Crippen MR) is 58.4 cm³/mol. The van der Waals surface area contributed by atoms with Gasteiger partial charge in [0, 0.05) is 11.0 Å². The van der Waals surface area contributed by atoms with Crippen molar-refractivity contribution in [3.8, 4) is 0 Å². The van der Waals surface area contributed by atoms with E-state index in [4.69, 9.17) is 0 Å². The third kappa shape index (κ3) is 4.42. The second-order valence-corrected chi connectivity index (χ2v) is 3.62. The van der Waals surface area contributed by atoms with Crippen LogP contribution in [0.1, 0.15) is 4.88 Å². The van der Waals surface area contributed by atoms with E-state index in [-0.39, 0.29) is 12.5 Å². The number of carbonyl (C=O) groups is 2. The summed E-state index contributed by atoms with van der Waals surface area (Å²) in [5.41, 5.74) is 0. The minimum absolute atomic E-state index is 0.107. The Labute approximate surface area is 91.6 Å². The number of thiophene rings is 1. The van der Waals surface area contributed by atoms with E-state index in [1.807, 2.05) is 17.5 Å². The maximum Gasteiger partial charge on any atom is 0.325 e. The predicted octanol–water partition coefficient (Wildman–Crippen LogP) is 1.05. The van der Waals surface area contributed by atoms with Gasteiger partial charge in [0.2, 0.25) is 5.91 Å². The van der Waals surface area contributed by atoms with E-state index >= 15 is 0 Å². The molecule has 0 unspecified atom stereocenters. The van der Waals surface area contributed by atoms with Gasteiger partial charge in [-0.3, -0.25) is 9.59 Å². The highest BCUT2D eigenvalue weighted by molar-refractivity contribution is 7.10. The van der Waals surface area contributed by atoms with E-state index in [0.29, 0.717) is 0 Å². The van der Waals surface area contributed by atoms with Crippen LogP contribution in [0.25, 0.3) is 6.08 Å². The molecule has 0 fully saturated rings. The van der Waals surface area contributed by atoms with Gasteiger partial charge in [-0.15, -0.1) is 11.3 Å². The summed E-state index contributed by atoms with van der Waals surface area (Å²) >= 11 is 1.54. The molecule has 15 heavy (non-hydrogen) atoms. The number of carbonyl (C=O) groups excluding carboxylic acids is 2. The average Bonchev–Trinajstić information content (AvgIpc) is 2.75. The second-order valence-electron chi connectivity index (χ2n) is 2.64. The van der Waals surface area contributed by atoms with Crippen LogP contribution in [-0.2, 0) is 14.3 Å². The first-order valence-corrected chi connectivity index (χ1v) is 5.16. The van der Waals surface area contributed by atoms with Gasteiger partial charge in [0.05, 0.1) is 7.11 Å². The standard InChI is InChI=1S/C10H11NO3S/c1-14-10(13)7-11-9(12)5-4-8-3-2-6-15-8/h2-6H,7H2,1H3,(H,11,12). The molecule has 0 saturated heterocycles. The lowest BCUT2D eigenvalue weighted by molar-refractivity contribution is -0.140. The van der Waals surface area contributed by atoms with Crippen molar-refractivity contribution in [1.82, 2.24) is 5.32 Å². The summed E-state index contributed by atoms with van der Waals surface area (Å²) in [4.78, 5) is 22.8. The van der Waals surface area contributed by atoms with Crippen molar-refractivity contribution in [2.75, 3.05) is 13.7 Å². The summed E-state index contributed by atoms with van der Waals surface area (Å²) in [5.74, 6) is -0.776. The van der Waals surface area contributed by atoms with Gasteiger partial charge in [-0.25, -0.2) is 0 Å². The summed E-state index contributed by atoms with van der Waals surface area (Å²) in [7, 11) is 1.27. The lowest BCUT2D eigenvalue weighted by Gasteiger charge is -1.98. The van der Waals surface area contributed by atoms with Gasteiger partial charge >= 0.3 is 5.97 Å². The Morgan fingerprint density at radius 2 is 2.40 bits per heavy atom. The van der Waals surface area contributed by atoms with Crippen molar-refractivity contribution in [3.05, 3.63) is 28.5 Å². The minimum Gasteiger partial charge on any atom is -0.468 e. The molecule has 4 nitrogen and oxygen atoms in total. The molecule has 0 saturated carbocycles. The largest absolute Gasteiger partial charge is 0.468 e. The van der Waals surface area contributed by atoms with Gasteiger partial charge < -0.3 is 10.1 Å². The maximum absolute atomic E-state index is 11.2. The molecular weight excluding hydrogens is 214 g/mol. The number of esters is 1. The van der Waals surface area contributed by atoms with Crippen LogP contribution in [0.3, 0.4) is 0 Å². The molecule has 0 aromatic carbocycles.